The highest BCUT2D eigenvalue weighted by atomic mass is 32.2. The SMILES string of the molecule is COC(=O)[C@H](CC[S@](=O)c1ccccc1)NC(=O)c1ccnc2ccccc12. The van der Waals surface area contributed by atoms with Crippen molar-refractivity contribution in [3.63, 3.8) is 0 Å². The van der Waals surface area contributed by atoms with Crippen molar-refractivity contribution in [2.45, 2.75) is 17.4 Å². The molecule has 0 unspecified atom stereocenters. The summed E-state index contributed by atoms with van der Waals surface area (Å²) in [5.41, 5.74) is 1.11. The molecule has 6 nitrogen and oxygen atoms in total. The summed E-state index contributed by atoms with van der Waals surface area (Å²) < 4.78 is 17.2. The van der Waals surface area contributed by atoms with Gasteiger partial charge in [-0.1, -0.05) is 36.4 Å². The Morgan fingerprint density at radius 2 is 1.79 bits per heavy atom. The molecular weight excluding hydrogens is 376 g/mol. The molecular formula is C21H20N2O4S. The van der Waals surface area contributed by atoms with Gasteiger partial charge in [0.1, 0.15) is 6.04 Å². The Hall–Kier alpha value is -3.06. The predicted molar refractivity (Wildman–Crippen MR) is 107 cm³/mol. The van der Waals surface area contributed by atoms with Gasteiger partial charge in [-0.25, -0.2) is 4.79 Å². The summed E-state index contributed by atoms with van der Waals surface area (Å²) in [6.45, 7) is 0. The van der Waals surface area contributed by atoms with Gasteiger partial charge in [-0.15, -0.1) is 0 Å². The summed E-state index contributed by atoms with van der Waals surface area (Å²) >= 11 is 0. The largest absolute Gasteiger partial charge is 0.467 e. The average molecular weight is 396 g/mol. The molecule has 0 fully saturated rings. The topological polar surface area (TPSA) is 85.4 Å². The van der Waals surface area contributed by atoms with Crippen molar-refractivity contribution in [2.24, 2.45) is 0 Å². The van der Waals surface area contributed by atoms with Crippen molar-refractivity contribution in [2.75, 3.05) is 12.9 Å². The molecule has 1 aromatic heterocycles. The number of nitrogens with one attached hydrogen (secondary N) is 1. The third-order valence-electron chi connectivity index (χ3n) is 4.28. The van der Waals surface area contributed by atoms with Crippen molar-refractivity contribution in [1.82, 2.24) is 10.3 Å². The van der Waals surface area contributed by atoms with Crippen LogP contribution in [0.15, 0.2) is 71.8 Å². The van der Waals surface area contributed by atoms with Crippen LogP contribution in [0.2, 0.25) is 0 Å². The first kappa shape index (κ1) is 19.7. The number of pyridine rings is 1. The van der Waals surface area contributed by atoms with Crippen molar-refractivity contribution >= 4 is 33.6 Å². The van der Waals surface area contributed by atoms with Crippen LogP contribution in [0.25, 0.3) is 10.9 Å². The first-order valence-corrected chi connectivity index (χ1v) is 10.1. The number of benzene rings is 2. The van der Waals surface area contributed by atoms with Crippen molar-refractivity contribution < 1.29 is 18.5 Å². The third-order valence-corrected chi connectivity index (χ3v) is 5.69. The summed E-state index contributed by atoms with van der Waals surface area (Å²) in [5, 5.41) is 3.40. The van der Waals surface area contributed by atoms with E-state index in [1.807, 2.05) is 24.3 Å². The molecule has 1 amide bonds. The molecule has 0 bridgehead atoms. The highest BCUT2D eigenvalue weighted by Gasteiger charge is 2.24. The fraction of sp³-hybridized carbons (Fsp3) is 0.190. The van der Waals surface area contributed by atoms with Crippen molar-refractivity contribution in [3.8, 4) is 0 Å². The van der Waals surface area contributed by atoms with Crippen LogP contribution in [0.1, 0.15) is 16.8 Å². The normalized spacial score (nSPS) is 12.9. The average Bonchev–Trinajstić information content (AvgIpc) is 2.75. The summed E-state index contributed by atoms with van der Waals surface area (Å²) in [6.07, 6.45) is 1.75. The van der Waals surface area contributed by atoms with E-state index >= 15 is 0 Å². The van der Waals surface area contributed by atoms with Crippen LogP contribution in [-0.4, -0.2) is 40.0 Å². The van der Waals surface area contributed by atoms with Gasteiger partial charge < -0.3 is 10.1 Å². The number of nitrogens with zero attached hydrogens (tertiary/aromatic N) is 1. The van der Waals surface area contributed by atoms with Crippen LogP contribution in [0.3, 0.4) is 0 Å². The van der Waals surface area contributed by atoms with Gasteiger partial charge >= 0.3 is 5.97 Å². The predicted octanol–water partition coefficient (Wildman–Crippen LogP) is 2.70. The van der Waals surface area contributed by atoms with Gasteiger partial charge in [0.15, 0.2) is 0 Å². The van der Waals surface area contributed by atoms with Gasteiger partial charge in [-0.05, 0) is 30.7 Å². The Morgan fingerprint density at radius 3 is 2.54 bits per heavy atom. The van der Waals surface area contributed by atoms with Crippen LogP contribution >= 0.6 is 0 Å². The zero-order valence-corrected chi connectivity index (χ0v) is 16.1. The first-order valence-electron chi connectivity index (χ1n) is 8.76. The highest BCUT2D eigenvalue weighted by Crippen LogP contribution is 2.16. The number of carbonyl (C=O) groups excluding carboxylic acids is 2. The van der Waals surface area contributed by atoms with Crippen LogP contribution < -0.4 is 5.32 Å². The van der Waals surface area contributed by atoms with E-state index in [0.717, 1.165) is 0 Å². The van der Waals surface area contributed by atoms with Gasteiger partial charge in [-0.2, -0.15) is 0 Å². The molecule has 0 saturated carbocycles. The fourth-order valence-electron chi connectivity index (χ4n) is 2.84. The van der Waals surface area contributed by atoms with Gasteiger partial charge in [0.05, 0.1) is 29.0 Å². The Balaban J connectivity index is 1.74. The third kappa shape index (κ3) is 4.61. The number of carbonyl (C=O) groups is 2. The first-order chi connectivity index (χ1) is 13.6. The lowest BCUT2D eigenvalue weighted by Crippen LogP contribution is -2.42. The molecule has 144 valence electrons. The van der Waals surface area contributed by atoms with E-state index in [1.165, 1.54) is 7.11 Å². The number of para-hydroxylation sites is 1. The molecule has 0 aliphatic carbocycles. The fourth-order valence-corrected chi connectivity index (χ4v) is 3.98. The summed E-state index contributed by atoms with van der Waals surface area (Å²) in [6, 6.07) is 17.0. The number of fused-ring (bicyclic) bond motifs is 1. The maximum absolute atomic E-state index is 12.8. The standard InChI is InChI=1S/C21H20N2O4S/c1-27-21(25)19(12-14-28(26)15-7-3-2-4-8-15)23-20(24)17-11-13-22-18-10-6-5-9-16(17)18/h2-11,13,19H,12,14H2,1H3,(H,23,24)/t19-,28-/m0/s1. The lowest BCUT2D eigenvalue weighted by Gasteiger charge is -2.17. The number of methoxy groups -OCH3 is 1. The number of esters is 1. The number of aromatic nitrogens is 1. The Bertz CT molecular complexity index is 1000. The molecule has 3 aromatic rings. The summed E-state index contributed by atoms with van der Waals surface area (Å²) in [4.78, 5) is 29.8. The van der Waals surface area contributed by atoms with Crippen LogP contribution in [0, 0.1) is 0 Å². The second-order valence-corrected chi connectivity index (χ2v) is 7.65. The monoisotopic (exact) mass is 396 g/mol. The Kier molecular flexibility index (Phi) is 6.49. The van der Waals surface area contributed by atoms with Crippen molar-refractivity contribution in [3.05, 3.63) is 72.4 Å². The minimum absolute atomic E-state index is 0.197. The van der Waals surface area contributed by atoms with Crippen LogP contribution in [0.5, 0.6) is 0 Å². The highest BCUT2D eigenvalue weighted by molar-refractivity contribution is 7.85. The van der Waals surface area contributed by atoms with Gasteiger partial charge in [0.2, 0.25) is 0 Å². The zero-order chi connectivity index (χ0) is 19.9. The molecule has 2 atom stereocenters. The van der Waals surface area contributed by atoms with Crippen molar-refractivity contribution in [1.29, 1.82) is 0 Å². The zero-order valence-electron chi connectivity index (χ0n) is 15.3. The number of rotatable bonds is 7. The van der Waals surface area contributed by atoms with E-state index in [2.05, 4.69) is 10.3 Å². The van der Waals surface area contributed by atoms with E-state index in [9.17, 15) is 13.8 Å². The molecule has 3 rings (SSSR count). The van der Waals surface area contributed by atoms with Gasteiger partial charge in [-0.3, -0.25) is 14.0 Å². The summed E-state index contributed by atoms with van der Waals surface area (Å²) in [5.74, 6) is -0.752. The molecule has 7 heteroatoms. The van der Waals surface area contributed by atoms with E-state index in [4.69, 9.17) is 4.74 Å². The molecule has 1 N–H and O–H groups in total. The molecule has 0 saturated heterocycles. The molecule has 28 heavy (non-hydrogen) atoms. The van der Waals surface area contributed by atoms with E-state index < -0.39 is 28.7 Å². The lowest BCUT2D eigenvalue weighted by molar-refractivity contribution is -0.142. The van der Waals surface area contributed by atoms with Crippen LogP contribution in [0.4, 0.5) is 0 Å². The summed E-state index contributed by atoms with van der Waals surface area (Å²) in [7, 11) is -0.0118. The molecule has 2 aromatic carbocycles. The molecule has 1 heterocycles. The number of ether oxygens (including phenoxy) is 1. The maximum Gasteiger partial charge on any atom is 0.328 e. The van der Waals surface area contributed by atoms with E-state index in [1.54, 1.807) is 42.6 Å². The minimum Gasteiger partial charge on any atom is -0.467 e. The molecule has 0 aliphatic heterocycles. The smallest absolute Gasteiger partial charge is 0.328 e. The number of amides is 1. The second-order valence-electron chi connectivity index (χ2n) is 6.08. The maximum atomic E-state index is 12.8. The Morgan fingerprint density at radius 1 is 1.07 bits per heavy atom. The number of hydrogen-bond donors (Lipinski definition) is 1. The molecule has 0 radical (unpaired) electrons. The quantitative estimate of drug-likeness (QED) is 0.621. The van der Waals surface area contributed by atoms with Crippen LogP contribution in [-0.2, 0) is 20.3 Å². The van der Waals surface area contributed by atoms with Gasteiger partial charge in [0.25, 0.3) is 5.91 Å². The second kappa shape index (κ2) is 9.23. The Labute approximate surface area is 165 Å². The van der Waals surface area contributed by atoms with E-state index in [-0.39, 0.29) is 12.2 Å². The number of hydrogen-bond acceptors (Lipinski definition) is 5. The molecule has 0 aliphatic rings. The minimum atomic E-state index is -1.27. The molecule has 0 spiro atoms. The lowest BCUT2D eigenvalue weighted by atomic mass is 10.1. The van der Waals surface area contributed by atoms with Gasteiger partial charge in [0, 0.05) is 22.2 Å². The van der Waals surface area contributed by atoms with E-state index in [0.29, 0.717) is 21.4 Å².